The maximum Gasteiger partial charge on any atom is 0.419 e. The van der Waals surface area contributed by atoms with Gasteiger partial charge in [-0.1, -0.05) is 0 Å². The summed E-state index contributed by atoms with van der Waals surface area (Å²) in [5, 5.41) is 0. The van der Waals surface area contributed by atoms with Crippen molar-refractivity contribution in [3.8, 4) is 0 Å². The Morgan fingerprint density at radius 3 is 2.73 bits per heavy atom. The van der Waals surface area contributed by atoms with Crippen LogP contribution < -0.4 is 0 Å². The summed E-state index contributed by atoms with van der Waals surface area (Å²) < 4.78 is 57.3. The van der Waals surface area contributed by atoms with Gasteiger partial charge in [0.05, 0.1) is 9.68 Å². The molecule has 0 aliphatic rings. The van der Waals surface area contributed by atoms with Crippen molar-refractivity contribution in [1.29, 1.82) is 0 Å². The van der Waals surface area contributed by atoms with Gasteiger partial charge in [0.1, 0.15) is 4.60 Å². The normalized spacial score (nSPS) is 15.5. The van der Waals surface area contributed by atoms with E-state index >= 15 is 0 Å². The summed E-state index contributed by atoms with van der Waals surface area (Å²) in [5.41, 5.74) is -1.32. The first kappa shape index (κ1) is 5.13. The molecule has 0 unspecified atom stereocenters. The van der Waals surface area contributed by atoms with E-state index in [0.717, 1.165) is 0 Å². The molecule has 0 radical (unpaired) electrons. The van der Waals surface area contributed by atoms with Crippen LogP contribution in [0.5, 0.6) is 0 Å². The number of hydrogen-bond donors (Lipinski definition) is 0. The largest absolute Gasteiger partial charge is 0.419 e. The van der Waals surface area contributed by atoms with E-state index in [-0.39, 0.29) is 0 Å². The highest BCUT2D eigenvalue weighted by Crippen LogP contribution is 2.32. The fraction of sp³-hybridized carbons (Fsp3) is 0.167. The van der Waals surface area contributed by atoms with Gasteiger partial charge in [-0.25, -0.2) is 4.98 Å². The van der Waals surface area contributed by atoms with Crippen LogP contribution in [0.15, 0.2) is 22.9 Å². The van der Waals surface area contributed by atoms with Crippen LogP contribution in [0, 0.1) is 0 Å². The summed E-state index contributed by atoms with van der Waals surface area (Å²) >= 11 is 2.51. The van der Waals surface area contributed by atoms with Gasteiger partial charge in [0.2, 0.25) is 0 Å². The molecule has 0 aromatic carbocycles. The third kappa shape index (κ3) is 1.92. The average molecular weight is 229 g/mol. The second-order valence-electron chi connectivity index (χ2n) is 1.64. The fourth-order valence-corrected chi connectivity index (χ4v) is 0.875. The standard InChI is InChI=1S/C6H3BrF3N/c7-5-4(6(8,9)10)2-1-3-11-5/h1-3H/i1D,2D,3D. The second kappa shape index (κ2) is 2.81. The maximum absolute atomic E-state index is 12.3. The smallest absolute Gasteiger partial charge is 0.249 e. The lowest BCUT2D eigenvalue weighted by molar-refractivity contribution is -0.138. The van der Waals surface area contributed by atoms with Gasteiger partial charge in [-0.3, -0.25) is 0 Å². The number of halogens is 4. The Morgan fingerprint density at radius 2 is 2.18 bits per heavy atom. The molecule has 1 heterocycles. The Bertz CT molecular complexity index is 380. The summed E-state index contributed by atoms with van der Waals surface area (Å²) in [4.78, 5) is 3.16. The number of hydrogen-bond acceptors (Lipinski definition) is 1. The zero-order chi connectivity index (χ0) is 11.1. The lowest BCUT2D eigenvalue weighted by atomic mass is 10.3. The molecule has 5 heteroatoms. The van der Waals surface area contributed by atoms with Crippen LogP contribution in [-0.4, -0.2) is 4.98 Å². The van der Waals surface area contributed by atoms with Crippen LogP contribution in [0.2, 0.25) is 0 Å². The Labute approximate surface area is 73.6 Å². The molecule has 0 aliphatic carbocycles. The summed E-state index contributed by atoms with van der Waals surface area (Å²) in [6, 6.07) is -1.87. The monoisotopic (exact) mass is 228 g/mol. The number of nitrogens with zero attached hydrogens (tertiary/aromatic N) is 1. The molecule has 1 rings (SSSR count). The van der Waals surface area contributed by atoms with Crippen molar-refractivity contribution in [2.75, 3.05) is 0 Å². The van der Waals surface area contributed by atoms with Gasteiger partial charge in [0.25, 0.3) is 0 Å². The van der Waals surface area contributed by atoms with Crippen molar-refractivity contribution in [1.82, 2.24) is 4.98 Å². The number of alkyl halides is 3. The second-order valence-corrected chi connectivity index (χ2v) is 2.39. The first-order valence-electron chi connectivity index (χ1n) is 3.95. The highest BCUT2D eigenvalue weighted by molar-refractivity contribution is 9.10. The average Bonchev–Trinajstić information content (AvgIpc) is 1.97. The van der Waals surface area contributed by atoms with E-state index in [1.54, 1.807) is 0 Å². The predicted octanol–water partition coefficient (Wildman–Crippen LogP) is 2.86. The van der Waals surface area contributed by atoms with Crippen molar-refractivity contribution in [2.24, 2.45) is 0 Å². The zero-order valence-corrected chi connectivity index (χ0v) is 6.55. The fourth-order valence-electron chi connectivity index (χ4n) is 0.463. The first-order chi connectivity index (χ1) is 6.25. The highest BCUT2D eigenvalue weighted by atomic mass is 79.9. The molecule has 0 fully saturated rings. The van der Waals surface area contributed by atoms with Crippen molar-refractivity contribution in [2.45, 2.75) is 6.18 Å². The molecule has 0 atom stereocenters. The molecule has 0 spiro atoms. The lowest BCUT2D eigenvalue weighted by Crippen LogP contribution is -2.06. The predicted molar refractivity (Wildman–Crippen MR) is 36.9 cm³/mol. The third-order valence-electron chi connectivity index (χ3n) is 0.887. The van der Waals surface area contributed by atoms with Gasteiger partial charge < -0.3 is 0 Å². The van der Waals surface area contributed by atoms with E-state index in [0.29, 0.717) is 0 Å². The van der Waals surface area contributed by atoms with Gasteiger partial charge in [-0.15, -0.1) is 0 Å². The first-order valence-corrected chi connectivity index (χ1v) is 3.25. The molecule has 60 valence electrons. The van der Waals surface area contributed by atoms with Crippen molar-refractivity contribution < 1.29 is 17.3 Å². The zero-order valence-electron chi connectivity index (χ0n) is 7.96. The van der Waals surface area contributed by atoms with E-state index in [4.69, 9.17) is 4.11 Å². The van der Waals surface area contributed by atoms with Crippen LogP contribution in [0.4, 0.5) is 13.2 Å². The van der Waals surface area contributed by atoms with Crippen LogP contribution in [0.25, 0.3) is 0 Å². The van der Waals surface area contributed by atoms with E-state index in [1.165, 1.54) is 0 Å². The molecule has 0 amide bonds. The summed E-state index contributed by atoms with van der Waals surface area (Å²) in [7, 11) is 0. The van der Waals surface area contributed by atoms with E-state index in [9.17, 15) is 13.2 Å². The minimum atomic E-state index is -4.74. The topological polar surface area (TPSA) is 12.9 Å². The molecule has 1 aromatic heterocycles. The van der Waals surface area contributed by atoms with E-state index in [2.05, 4.69) is 20.9 Å². The molecular formula is C6H3BrF3N. The van der Waals surface area contributed by atoms with Crippen LogP contribution in [-0.2, 0) is 6.18 Å². The van der Waals surface area contributed by atoms with Crippen molar-refractivity contribution >= 4 is 15.9 Å². The molecular weight excluding hydrogens is 223 g/mol. The van der Waals surface area contributed by atoms with Crippen molar-refractivity contribution in [3.63, 3.8) is 0 Å². The SMILES string of the molecule is [2H]c1nc(Br)c(C(F)(F)F)c([2H])c1[2H]. The maximum atomic E-state index is 12.3. The molecule has 0 aliphatic heterocycles. The van der Waals surface area contributed by atoms with Gasteiger partial charge in [-0.05, 0) is 28.0 Å². The molecule has 1 nitrogen and oxygen atoms in total. The summed E-state index contributed by atoms with van der Waals surface area (Å²) in [6.45, 7) is 0. The quantitative estimate of drug-likeness (QED) is 0.623. The molecule has 0 bridgehead atoms. The van der Waals surface area contributed by atoms with Gasteiger partial charge >= 0.3 is 6.18 Å². The number of pyridine rings is 1. The Kier molecular flexibility index (Phi) is 1.31. The van der Waals surface area contributed by atoms with Crippen LogP contribution in [0.3, 0.4) is 0 Å². The van der Waals surface area contributed by atoms with E-state index < -0.39 is 34.6 Å². The minimum Gasteiger partial charge on any atom is -0.249 e. The van der Waals surface area contributed by atoms with Gasteiger partial charge in [0, 0.05) is 6.17 Å². The highest BCUT2D eigenvalue weighted by Gasteiger charge is 2.33. The van der Waals surface area contributed by atoms with E-state index in [1.807, 2.05) is 0 Å². The Hall–Kier alpha value is -0.580. The summed E-state index contributed by atoms with van der Waals surface area (Å²) in [6.07, 6.45) is -5.40. The lowest BCUT2D eigenvalue weighted by Gasteiger charge is -2.06. The Balaban J connectivity index is 3.53. The third-order valence-corrected chi connectivity index (χ3v) is 1.46. The minimum absolute atomic E-state index is 0.629. The molecule has 1 aromatic rings. The van der Waals surface area contributed by atoms with Crippen LogP contribution >= 0.6 is 15.9 Å². The molecule has 0 saturated carbocycles. The molecule has 0 N–H and O–H groups in total. The molecule has 11 heavy (non-hydrogen) atoms. The number of aromatic nitrogens is 1. The molecule has 0 saturated heterocycles. The van der Waals surface area contributed by atoms with Gasteiger partial charge in [0.15, 0.2) is 0 Å². The van der Waals surface area contributed by atoms with Crippen LogP contribution in [0.1, 0.15) is 9.68 Å². The Morgan fingerprint density at radius 1 is 1.55 bits per heavy atom. The van der Waals surface area contributed by atoms with Crippen molar-refractivity contribution in [3.05, 3.63) is 28.4 Å². The van der Waals surface area contributed by atoms with Gasteiger partial charge in [-0.2, -0.15) is 13.2 Å². The summed E-state index contributed by atoms with van der Waals surface area (Å²) in [5.74, 6) is 0. The number of rotatable bonds is 0.